The van der Waals surface area contributed by atoms with Crippen molar-refractivity contribution in [3.05, 3.63) is 35.9 Å². The van der Waals surface area contributed by atoms with Crippen molar-refractivity contribution in [2.45, 2.75) is 63.8 Å². The molecule has 0 spiro atoms. The summed E-state index contributed by atoms with van der Waals surface area (Å²) in [5.41, 5.74) is 5.52. The van der Waals surface area contributed by atoms with Crippen molar-refractivity contribution < 1.29 is 14.4 Å². The van der Waals surface area contributed by atoms with Gasteiger partial charge in [-0.25, -0.2) is 0 Å². The molecule has 1 aromatic carbocycles. The van der Waals surface area contributed by atoms with E-state index in [0.29, 0.717) is 5.56 Å². The molecule has 3 amide bonds. The van der Waals surface area contributed by atoms with E-state index in [4.69, 9.17) is 0 Å². The van der Waals surface area contributed by atoms with Gasteiger partial charge in [0, 0.05) is 17.5 Å². The van der Waals surface area contributed by atoms with Gasteiger partial charge in [0.05, 0.1) is 5.92 Å². The number of hydrazine groups is 1. The molecule has 2 fully saturated rings. The van der Waals surface area contributed by atoms with E-state index in [2.05, 4.69) is 16.2 Å². The Labute approximate surface area is 160 Å². The first-order valence-electron chi connectivity index (χ1n) is 10.1. The highest BCUT2D eigenvalue weighted by molar-refractivity contribution is 5.95. The lowest BCUT2D eigenvalue weighted by atomic mass is 9.82. The first-order chi connectivity index (χ1) is 13.1. The second kappa shape index (κ2) is 9.53. The van der Waals surface area contributed by atoms with Gasteiger partial charge < -0.3 is 5.32 Å². The molecule has 0 bridgehead atoms. The molecule has 6 heteroatoms. The second-order valence-electron chi connectivity index (χ2n) is 7.65. The first-order valence-corrected chi connectivity index (χ1v) is 10.1. The Morgan fingerprint density at radius 2 is 1.41 bits per heavy atom. The number of amides is 3. The van der Waals surface area contributed by atoms with Crippen LogP contribution in [0.25, 0.3) is 0 Å². The molecule has 3 N–H and O–H groups in total. The van der Waals surface area contributed by atoms with E-state index in [0.717, 1.165) is 51.4 Å². The summed E-state index contributed by atoms with van der Waals surface area (Å²) in [5.74, 6) is -0.701. The predicted octanol–water partition coefficient (Wildman–Crippen LogP) is 2.70. The second-order valence-corrected chi connectivity index (χ2v) is 7.65. The SMILES string of the molecule is O=C(NNC(=O)C1CCCCC1NC(=O)C1CCCCC1)c1ccccc1. The van der Waals surface area contributed by atoms with Crippen molar-refractivity contribution >= 4 is 17.7 Å². The standard InChI is InChI=1S/C21H29N3O3/c25-19(15-9-3-1-4-10-15)22-18-14-8-7-13-17(18)21(27)24-23-20(26)16-11-5-2-6-12-16/h2,5-6,11-12,15,17-18H,1,3-4,7-10,13-14H2,(H,22,25)(H,23,26)(H,24,27). The largest absolute Gasteiger partial charge is 0.352 e. The van der Waals surface area contributed by atoms with Gasteiger partial charge in [0.25, 0.3) is 5.91 Å². The number of nitrogens with one attached hydrogen (secondary N) is 3. The van der Waals surface area contributed by atoms with Crippen LogP contribution in [0.1, 0.15) is 68.1 Å². The van der Waals surface area contributed by atoms with Gasteiger partial charge in [0.15, 0.2) is 0 Å². The Morgan fingerprint density at radius 3 is 2.15 bits per heavy atom. The summed E-state index contributed by atoms with van der Waals surface area (Å²) in [7, 11) is 0. The van der Waals surface area contributed by atoms with Crippen LogP contribution in [0.15, 0.2) is 30.3 Å². The third-order valence-electron chi connectivity index (χ3n) is 5.74. The maximum Gasteiger partial charge on any atom is 0.269 e. The molecule has 3 rings (SSSR count). The lowest BCUT2D eigenvalue weighted by Crippen LogP contribution is -2.53. The van der Waals surface area contributed by atoms with Gasteiger partial charge in [0.1, 0.15) is 0 Å². The Morgan fingerprint density at radius 1 is 0.741 bits per heavy atom. The first kappa shape index (κ1) is 19.4. The van der Waals surface area contributed by atoms with Gasteiger partial charge in [0.2, 0.25) is 11.8 Å². The smallest absolute Gasteiger partial charge is 0.269 e. The van der Waals surface area contributed by atoms with E-state index in [9.17, 15) is 14.4 Å². The van der Waals surface area contributed by atoms with Gasteiger partial charge in [-0.1, -0.05) is 50.3 Å². The van der Waals surface area contributed by atoms with E-state index in [1.165, 1.54) is 6.42 Å². The summed E-state index contributed by atoms with van der Waals surface area (Å²) in [6, 6.07) is 8.60. The Hall–Kier alpha value is -2.37. The lowest BCUT2D eigenvalue weighted by molar-refractivity contribution is -0.130. The van der Waals surface area contributed by atoms with Crippen molar-refractivity contribution in [3.63, 3.8) is 0 Å². The molecular weight excluding hydrogens is 342 g/mol. The maximum atomic E-state index is 12.6. The number of rotatable bonds is 4. The molecule has 146 valence electrons. The van der Waals surface area contributed by atoms with Crippen LogP contribution in [0.2, 0.25) is 0 Å². The van der Waals surface area contributed by atoms with Gasteiger partial charge in [-0.3, -0.25) is 25.2 Å². The van der Waals surface area contributed by atoms with Crippen molar-refractivity contribution in [2.24, 2.45) is 11.8 Å². The third-order valence-corrected chi connectivity index (χ3v) is 5.74. The number of hydrogen-bond acceptors (Lipinski definition) is 3. The fourth-order valence-electron chi connectivity index (χ4n) is 4.16. The van der Waals surface area contributed by atoms with Gasteiger partial charge >= 0.3 is 0 Å². The monoisotopic (exact) mass is 371 g/mol. The minimum absolute atomic E-state index is 0.0853. The van der Waals surface area contributed by atoms with Crippen LogP contribution in [0.4, 0.5) is 0 Å². The van der Waals surface area contributed by atoms with Crippen LogP contribution in [-0.2, 0) is 9.59 Å². The summed E-state index contributed by atoms with van der Waals surface area (Å²) >= 11 is 0. The number of benzene rings is 1. The molecule has 2 atom stereocenters. The Kier molecular flexibility index (Phi) is 6.85. The van der Waals surface area contributed by atoms with E-state index in [1.807, 2.05) is 6.07 Å². The van der Waals surface area contributed by atoms with Crippen molar-refractivity contribution in [1.29, 1.82) is 0 Å². The summed E-state index contributed by atoms with van der Waals surface area (Å²) in [6.07, 6.45) is 8.82. The number of carbonyl (C=O) groups is 3. The summed E-state index contributed by atoms with van der Waals surface area (Å²) in [6.45, 7) is 0. The summed E-state index contributed by atoms with van der Waals surface area (Å²) in [4.78, 5) is 37.3. The fourth-order valence-corrected chi connectivity index (χ4v) is 4.16. The molecule has 0 aliphatic heterocycles. The zero-order chi connectivity index (χ0) is 19.1. The molecule has 2 aliphatic rings. The molecule has 6 nitrogen and oxygen atoms in total. The zero-order valence-electron chi connectivity index (χ0n) is 15.7. The fraction of sp³-hybridized carbons (Fsp3) is 0.571. The lowest BCUT2D eigenvalue weighted by Gasteiger charge is -2.33. The molecule has 27 heavy (non-hydrogen) atoms. The molecule has 2 unspecified atom stereocenters. The molecule has 1 aromatic rings. The van der Waals surface area contributed by atoms with Gasteiger partial charge in [-0.15, -0.1) is 0 Å². The average molecular weight is 371 g/mol. The predicted molar refractivity (Wildman–Crippen MR) is 103 cm³/mol. The summed E-state index contributed by atoms with van der Waals surface area (Å²) < 4.78 is 0. The highest BCUT2D eigenvalue weighted by Crippen LogP contribution is 2.27. The van der Waals surface area contributed by atoms with E-state index in [-0.39, 0.29) is 35.6 Å². The minimum atomic E-state index is -0.345. The van der Waals surface area contributed by atoms with E-state index in [1.54, 1.807) is 24.3 Å². The van der Waals surface area contributed by atoms with Gasteiger partial charge in [-0.2, -0.15) is 0 Å². The van der Waals surface area contributed by atoms with Crippen molar-refractivity contribution in [1.82, 2.24) is 16.2 Å². The van der Waals surface area contributed by atoms with Crippen LogP contribution >= 0.6 is 0 Å². The van der Waals surface area contributed by atoms with E-state index >= 15 is 0 Å². The number of hydrogen-bond donors (Lipinski definition) is 3. The quantitative estimate of drug-likeness (QED) is 0.711. The number of carbonyl (C=O) groups excluding carboxylic acids is 3. The minimum Gasteiger partial charge on any atom is -0.352 e. The van der Waals surface area contributed by atoms with Crippen LogP contribution < -0.4 is 16.2 Å². The molecular formula is C21H29N3O3. The van der Waals surface area contributed by atoms with Crippen LogP contribution in [0.3, 0.4) is 0 Å². The molecule has 2 saturated carbocycles. The van der Waals surface area contributed by atoms with Crippen molar-refractivity contribution in [3.8, 4) is 0 Å². The Bertz CT molecular complexity index is 656. The average Bonchev–Trinajstić information content (AvgIpc) is 2.73. The highest BCUT2D eigenvalue weighted by Gasteiger charge is 2.33. The highest BCUT2D eigenvalue weighted by atomic mass is 16.2. The van der Waals surface area contributed by atoms with Crippen molar-refractivity contribution in [2.75, 3.05) is 0 Å². The normalized spacial score (nSPS) is 23.3. The van der Waals surface area contributed by atoms with Crippen LogP contribution in [-0.4, -0.2) is 23.8 Å². The molecule has 0 saturated heterocycles. The van der Waals surface area contributed by atoms with E-state index < -0.39 is 0 Å². The molecule has 2 aliphatic carbocycles. The molecule has 0 aromatic heterocycles. The van der Waals surface area contributed by atoms with Crippen LogP contribution in [0.5, 0.6) is 0 Å². The van der Waals surface area contributed by atoms with Crippen LogP contribution in [0, 0.1) is 11.8 Å². The van der Waals surface area contributed by atoms with Gasteiger partial charge in [-0.05, 0) is 37.8 Å². The molecule has 0 heterocycles. The Balaban J connectivity index is 1.53. The maximum absolute atomic E-state index is 12.6. The third kappa shape index (κ3) is 5.31. The summed E-state index contributed by atoms with van der Waals surface area (Å²) in [5, 5.41) is 3.13. The molecule has 0 radical (unpaired) electrons. The zero-order valence-corrected chi connectivity index (χ0v) is 15.7. The topological polar surface area (TPSA) is 87.3 Å².